The van der Waals surface area contributed by atoms with Crippen molar-refractivity contribution >= 4 is 28.6 Å². The minimum atomic E-state index is -4.34. The standard InChI is InChI=1S/C13H10F3NO3S/c14-13(15,16)21-6-5-17-11(18)9-7-8-3-1-2-4-10(8)20-12(9)19/h1-4,7H,5-6H2,(H,17,18). The van der Waals surface area contributed by atoms with Crippen molar-refractivity contribution in [3.05, 3.63) is 46.3 Å². The molecule has 1 N–H and O–H groups in total. The summed E-state index contributed by atoms with van der Waals surface area (Å²) in [6, 6.07) is 7.99. The molecule has 1 aromatic heterocycles. The van der Waals surface area contributed by atoms with Crippen LogP contribution in [0.3, 0.4) is 0 Å². The van der Waals surface area contributed by atoms with E-state index >= 15 is 0 Å². The van der Waals surface area contributed by atoms with Gasteiger partial charge in [0.25, 0.3) is 5.91 Å². The molecule has 0 atom stereocenters. The van der Waals surface area contributed by atoms with Crippen LogP contribution in [0.1, 0.15) is 10.4 Å². The number of hydrogen-bond donors (Lipinski definition) is 1. The summed E-state index contributed by atoms with van der Waals surface area (Å²) < 4.78 is 40.8. The number of carbonyl (C=O) groups is 1. The summed E-state index contributed by atoms with van der Waals surface area (Å²) in [6.07, 6.45) is 0. The summed E-state index contributed by atoms with van der Waals surface area (Å²) in [5.74, 6) is -1.08. The molecule has 0 saturated heterocycles. The van der Waals surface area contributed by atoms with Crippen molar-refractivity contribution in [2.75, 3.05) is 12.3 Å². The number of halogens is 3. The topological polar surface area (TPSA) is 59.3 Å². The van der Waals surface area contributed by atoms with Gasteiger partial charge in [0.1, 0.15) is 11.1 Å². The second-order valence-corrected chi connectivity index (χ2v) is 5.20. The lowest BCUT2D eigenvalue weighted by Gasteiger charge is -2.07. The summed E-state index contributed by atoms with van der Waals surface area (Å²) in [6.45, 7) is -0.199. The second-order valence-electron chi connectivity index (χ2n) is 4.04. The molecule has 8 heteroatoms. The van der Waals surface area contributed by atoms with Gasteiger partial charge in [-0.3, -0.25) is 4.79 Å². The average molecular weight is 317 g/mol. The molecular weight excluding hydrogens is 307 g/mol. The van der Waals surface area contributed by atoms with Crippen molar-refractivity contribution in [3.8, 4) is 0 Å². The lowest BCUT2D eigenvalue weighted by Crippen LogP contribution is -2.30. The van der Waals surface area contributed by atoms with E-state index in [1.165, 1.54) is 6.07 Å². The van der Waals surface area contributed by atoms with Gasteiger partial charge in [0.15, 0.2) is 0 Å². The summed E-state index contributed by atoms with van der Waals surface area (Å²) >= 11 is -0.239. The first-order valence-corrected chi connectivity index (χ1v) is 6.87. The summed E-state index contributed by atoms with van der Waals surface area (Å²) in [5, 5.41) is 2.82. The summed E-state index contributed by atoms with van der Waals surface area (Å²) in [5.41, 5.74) is -5.06. The Kier molecular flexibility index (Phi) is 4.56. The van der Waals surface area contributed by atoms with Gasteiger partial charge >= 0.3 is 11.1 Å². The largest absolute Gasteiger partial charge is 0.441 e. The zero-order valence-electron chi connectivity index (χ0n) is 10.6. The first-order valence-electron chi connectivity index (χ1n) is 5.88. The predicted molar refractivity (Wildman–Crippen MR) is 73.3 cm³/mol. The summed E-state index contributed by atoms with van der Waals surface area (Å²) in [4.78, 5) is 23.4. The molecule has 21 heavy (non-hydrogen) atoms. The van der Waals surface area contributed by atoms with Crippen LogP contribution in [0.4, 0.5) is 13.2 Å². The Morgan fingerprint density at radius 2 is 2.00 bits per heavy atom. The molecular formula is C13H10F3NO3S. The van der Waals surface area contributed by atoms with Gasteiger partial charge in [-0.2, -0.15) is 13.2 Å². The maximum atomic E-state index is 11.9. The molecule has 1 heterocycles. The predicted octanol–water partition coefficient (Wildman–Crippen LogP) is 2.78. The highest BCUT2D eigenvalue weighted by atomic mass is 32.2. The van der Waals surface area contributed by atoms with Crippen LogP contribution in [0.25, 0.3) is 11.0 Å². The van der Waals surface area contributed by atoms with Crippen LogP contribution < -0.4 is 10.9 Å². The first kappa shape index (κ1) is 15.4. The Bertz CT molecular complexity index is 712. The maximum absolute atomic E-state index is 11.9. The molecule has 0 fully saturated rings. The monoisotopic (exact) mass is 317 g/mol. The van der Waals surface area contributed by atoms with Gasteiger partial charge in [-0.15, -0.1) is 0 Å². The third-order valence-electron chi connectivity index (χ3n) is 2.54. The van der Waals surface area contributed by atoms with Gasteiger partial charge in [0.2, 0.25) is 0 Å². The highest BCUT2D eigenvalue weighted by Gasteiger charge is 2.27. The average Bonchev–Trinajstić information content (AvgIpc) is 2.41. The lowest BCUT2D eigenvalue weighted by molar-refractivity contribution is -0.0327. The number of alkyl halides is 3. The van der Waals surface area contributed by atoms with Crippen LogP contribution in [0.5, 0.6) is 0 Å². The molecule has 0 aliphatic carbocycles. The van der Waals surface area contributed by atoms with Crippen LogP contribution in [0.15, 0.2) is 39.5 Å². The highest BCUT2D eigenvalue weighted by molar-refractivity contribution is 8.00. The number of hydrogen-bond acceptors (Lipinski definition) is 4. The molecule has 2 rings (SSSR count). The van der Waals surface area contributed by atoms with Crippen molar-refractivity contribution in [2.45, 2.75) is 5.51 Å². The number of thioether (sulfide) groups is 1. The number of nitrogens with one attached hydrogen (secondary N) is 1. The van der Waals surface area contributed by atoms with Gasteiger partial charge in [-0.25, -0.2) is 4.79 Å². The molecule has 4 nitrogen and oxygen atoms in total. The number of benzene rings is 1. The number of rotatable bonds is 4. The van der Waals surface area contributed by atoms with Crippen LogP contribution in [0.2, 0.25) is 0 Å². The molecule has 0 spiro atoms. The van der Waals surface area contributed by atoms with E-state index in [0.29, 0.717) is 11.0 Å². The number of carbonyl (C=O) groups excluding carboxylic acids is 1. The third-order valence-corrected chi connectivity index (χ3v) is 3.27. The number of para-hydroxylation sites is 1. The Balaban J connectivity index is 2.06. The molecule has 0 radical (unpaired) electrons. The van der Waals surface area contributed by atoms with E-state index in [1.54, 1.807) is 24.3 Å². The molecule has 0 unspecified atom stereocenters. The van der Waals surface area contributed by atoms with E-state index in [0.717, 1.165) is 0 Å². The molecule has 1 amide bonds. The van der Waals surface area contributed by atoms with Crippen LogP contribution in [-0.2, 0) is 0 Å². The lowest BCUT2D eigenvalue weighted by atomic mass is 10.2. The molecule has 0 aliphatic heterocycles. The number of amides is 1. The minimum absolute atomic E-state index is 0.199. The van der Waals surface area contributed by atoms with E-state index in [1.807, 2.05) is 0 Å². The van der Waals surface area contributed by atoms with Crippen LogP contribution in [-0.4, -0.2) is 23.7 Å². The normalized spacial score (nSPS) is 11.6. The Labute approximate surface area is 121 Å². The number of fused-ring (bicyclic) bond motifs is 1. The van der Waals surface area contributed by atoms with E-state index in [9.17, 15) is 22.8 Å². The molecule has 0 aliphatic rings. The quantitative estimate of drug-likeness (QED) is 0.696. The third kappa shape index (κ3) is 4.25. The van der Waals surface area contributed by atoms with Crippen molar-refractivity contribution in [3.63, 3.8) is 0 Å². The molecule has 112 valence electrons. The SMILES string of the molecule is O=C(NCCSC(F)(F)F)c1cc2ccccc2oc1=O. The molecule has 2 aromatic rings. The van der Waals surface area contributed by atoms with Crippen molar-refractivity contribution in [1.29, 1.82) is 0 Å². The van der Waals surface area contributed by atoms with Crippen molar-refractivity contribution < 1.29 is 22.4 Å². The fourth-order valence-corrected chi connectivity index (χ4v) is 2.08. The zero-order valence-corrected chi connectivity index (χ0v) is 11.4. The van der Waals surface area contributed by atoms with E-state index < -0.39 is 17.0 Å². The fourth-order valence-electron chi connectivity index (χ4n) is 1.65. The van der Waals surface area contributed by atoms with Crippen LogP contribution >= 0.6 is 11.8 Å². The first-order chi connectivity index (χ1) is 9.87. The summed E-state index contributed by atoms with van der Waals surface area (Å²) in [7, 11) is 0. The van der Waals surface area contributed by atoms with Crippen LogP contribution in [0, 0.1) is 0 Å². The van der Waals surface area contributed by atoms with Crippen molar-refractivity contribution in [2.24, 2.45) is 0 Å². The Hall–Kier alpha value is -1.96. The van der Waals surface area contributed by atoms with E-state index in [4.69, 9.17) is 4.42 Å². The Morgan fingerprint density at radius 1 is 1.29 bits per heavy atom. The van der Waals surface area contributed by atoms with E-state index in [2.05, 4.69) is 5.32 Å². The molecule has 1 aromatic carbocycles. The van der Waals surface area contributed by atoms with Gasteiger partial charge in [0.05, 0.1) is 0 Å². The maximum Gasteiger partial charge on any atom is 0.441 e. The highest BCUT2D eigenvalue weighted by Crippen LogP contribution is 2.29. The van der Waals surface area contributed by atoms with Gasteiger partial charge in [-0.1, -0.05) is 18.2 Å². The Morgan fingerprint density at radius 3 is 2.71 bits per heavy atom. The van der Waals surface area contributed by atoms with Gasteiger partial charge < -0.3 is 9.73 Å². The minimum Gasteiger partial charge on any atom is -0.422 e. The fraction of sp³-hybridized carbons (Fsp3) is 0.231. The zero-order chi connectivity index (χ0) is 15.5. The molecule has 0 saturated carbocycles. The van der Waals surface area contributed by atoms with Gasteiger partial charge in [-0.05, 0) is 23.9 Å². The van der Waals surface area contributed by atoms with E-state index in [-0.39, 0.29) is 29.6 Å². The molecule has 0 bridgehead atoms. The smallest absolute Gasteiger partial charge is 0.422 e. The second kappa shape index (κ2) is 6.21. The van der Waals surface area contributed by atoms with Crippen molar-refractivity contribution in [1.82, 2.24) is 5.32 Å². The van der Waals surface area contributed by atoms with Gasteiger partial charge in [0, 0.05) is 17.7 Å².